The fourth-order valence-electron chi connectivity index (χ4n) is 4.08. The second-order valence-electron chi connectivity index (χ2n) is 8.67. The summed E-state index contributed by atoms with van der Waals surface area (Å²) in [6.45, 7) is 3.36. The average Bonchev–Trinajstić information content (AvgIpc) is 3.62. The van der Waals surface area contributed by atoms with Crippen molar-refractivity contribution in [2.24, 2.45) is 0 Å². The molecule has 1 aliphatic rings. The number of aryl methyl sites for hydroxylation is 1. The molecule has 0 spiro atoms. The van der Waals surface area contributed by atoms with Gasteiger partial charge in [0.2, 0.25) is 5.88 Å². The lowest BCUT2D eigenvalue weighted by atomic mass is 10.0. The first-order chi connectivity index (χ1) is 16.9. The van der Waals surface area contributed by atoms with Crippen molar-refractivity contribution in [2.45, 2.75) is 32.6 Å². The number of esters is 1. The molecule has 35 heavy (non-hydrogen) atoms. The number of para-hydroxylation sites is 1. The van der Waals surface area contributed by atoms with Gasteiger partial charge in [0.15, 0.2) is 0 Å². The van der Waals surface area contributed by atoms with Crippen molar-refractivity contribution in [3.8, 4) is 22.7 Å². The molecule has 1 aromatic heterocycles. The van der Waals surface area contributed by atoms with Crippen LogP contribution in [0.5, 0.6) is 5.88 Å². The summed E-state index contributed by atoms with van der Waals surface area (Å²) in [4.78, 5) is 24.5. The van der Waals surface area contributed by atoms with Gasteiger partial charge < -0.3 is 10.1 Å². The summed E-state index contributed by atoms with van der Waals surface area (Å²) in [5, 5.41) is 7.67. The van der Waals surface area contributed by atoms with Crippen molar-refractivity contribution >= 4 is 17.6 Å². The number of nitrogens with zero attached hydrogens (tertiary/aromatic N) is 2. The quantitative estimate of drug-likeness (QED) is 0.349. The molecule has 5 rings (SSSR count). The van der Waals surface area contributed by atoms with E-state index in [0.717, 1.165) is 40.9 Å². The van der Waals surface area contributed by atoms with Crippen LogP contribution in [0.25, 0.3) is 16.8 Å². The second-order valence-corrected chi connectivity index (χ2v) is 8.67. The van der Waals surface area contributed by atoms with Crippen molar-refractivity contribution in [2.75, 3.05) is 5.32 Å². The largest absolute Gasteiger partial charge is 0.407 e. The summed E-state index contributed by atoms with van der Waals surface area (Å²) in [6, 6.07) is 20.6. The number of halogens is 1. The zero-order valence-corrected chi connectivity index (χ0v) is 19.4. The van der Waals surface area contributed by atoms with Gasteiger partial charge >= 0.3 is 5.97 Å². The molecule has 4 aromatic rings. The maximum atomic E-state index is 13.5. The topological polar surface area (TPSA) is 73.2 Å². The van der Waals surface area contributed by atoms with E-state index in [-0.39, 0.29) is 5.56 Å². The fourth-order valence-corrected chi connectivity index (χ4v) is 4.08. The van der Waals surface area contributed by atoms with Crippen LogP contribution in [0.4, 0.5) is 10.1 Å². The van der Waals surface area contributed by atoms with Gasteiger partial charge in [0, 0.05) is 24.1 Å². The number of carbonyl (C=O) groups excluding carboxylic acids is 2. The molecule has 0 aliphatic heterocycles. The Morgan fingerprint density at radius 1 is 1.03 bits per heavy atom. The molecule has 1 heterocycles. The lowest BCUT2D eigenvalue weighted by Crippen LogP contribution is -2.12. The van der Waals surface area contributed by atoms with Crippen LogP contribution in [0.15, 0.2) is 72.8 Å². The molecule has 3 aromatic carbocycles. The van der Waals surface area contributed by atoms with Gasteiger partial charge in [-0.05, 0) is 67.3 Å². The van der Waals surface area contributed by atoms with Gasteiger partial charge in [0.25, 0.3) is 5.91 Å². The molecular formula is C28H24FN3O3. The van der Waals surface area contributed by atoms with Gasteiger partial charge in [-0.2, -0.15) is 9.78 Å². The van der Waals surface area contributed by atoms with Gasteiger partial charge in [-0.15, -0.1) is 0 Å². The van der Waals surface area contributed by atoms with Gasteiger partial charge in [-0.3, -0.25) is 9.59 Å². The van der Waals surface area contributed by atoms with Gasteiger partial charge in [0.05, 0.1) is 16.9 Å². The smallest absolute Gasteiger partial charge is 0.309 e. The van der Waals surface area contributed by atoms with Gasteiger partial charge in [-0.1, -0.05) is 36.4 Å². The lowest BCUT2D eigenvalue weighted by molar-refractivity contribution is -0.132. The Bertz CT molecular complexity index is 1420. The monoisotopic (exact) mass is 469 g/mol. The van der Waals surface area contributed by atoms with Gasteiger partial charge in [-0.25, -0.2) is 4.39 Å². The van der Waals surface area contributed by atoms with Crippen LogP contribution >= 0.6 is 0 Å². The predicted octanol–water partition coefficient (Wildman–Crippen LogP) is 6.04. The van der Waals surface area contributed by atoms with Crippen LogP contribution in [0.1, 0.15) is 47.3 Å². The molecule has 1 saturated carbocycles. The zero-order chi connectivity index (χ0) is 24.5. The molecule has 0 saturated heterocycles. The summed E-state index contributed by atoms with van der Waals surface area (Å²) in [5.41, 5.74) is 5.14. The summed E-state index contributed by atoms with van der Waals surface area (Å²) >= 11 is 0. The Labute approximate surface area is 202 Å². The summed E-state index contributed by atoms with van der Waals surface area (Å²) in [6.07, 6.45) is 2.05. The van der Waals surface area contributed by atoms with Crippen LogP contribution < -0.4 is 10.1 Å². The molecule has 1 aliphatic carbocycles. The Morgan fingerprint density at radius 2 is 1.77 bits per heavy atom. The molecule has 1 N–H and O–H groups in total. The number of amides is 1. The first kappa shape index (κ1) is 22.5. The summed E-state index contributed by atoms with van der Waals surface area (Å²) < 4.78 is 20.9. The lowest BCUT2D eigenvalue weighted by Gasteiger charge is -2.11. The predicted molar refractivity (Wildman–Crippen MR) is 131 cm³/mol. The summed E-state index contributed by atoms with van der Waals surface area (Å²) in [5.74, 6) is -0.613. The number of aromatic nitrogens is 2. The van der Waals surface area contributed by atoms with E-state index in [4.69, 9.17) is 9.84 Å². The number of hydrogen-bond acceptors (Lipinski definition) is 4. The molecular weight excluding hydrogens is 445 g/mol. The van der Waals surface area contributed by atoms with E-state index in [0.29, 0.717) is 17.5 Å². The molecule has 0 unspecified atom stereocenters. The number of ether oxygens (including phenoxy) is 1. The third kappa shape index (κ3) is 4.71. The normalized spacial score (nSPS) is 12.9. The van der Waals surface area contributed by atoms with E-state index in [1.165, 1.54) is 25.1 Å². The number of nitrogens with one attached hydrogen (secondary N) is 1. The highest BCUT2D eigenvalue weighted by Gasteiger charge is 2.34. The molecule has 6 nitrogen and oxygen atoms in total. The fraction of sp³-hybridized carbons (Fsp3) is 0.179. The summed E-state index contributed by atoms with van der Waals surface area (Å²) in [7, 11) is 0. The van der Waals surface area contributed by atoms with E-state index in [2.05, 4.69) is 5.32 Å². The van der Waals surface area contributed by atoms with Crippen molar-refractivity contribution < 1.29 is 18.7 Å². The highest BCUT2D eigenvalue weighted by atomic mass is 19.1. The van der Waals surface area contributed by atoms with Crippen LogP contribution in [0, 0.1) is 12.7 Å². The van der Waals surface area contributed by atoms with Crippen LogP contribution in [0.3, 0.4) is 0 Å². The van der Waals surface area contributed by atoms with E-state index in [9.17, 15) is 14.0 Å². The van der Waals surface area contributed by atoms with Crippen molar-refractivity contribution in [3.05, 3.63) is 95.4 Å². The highest BCUT2D eigenvalue weighted by molar-refractivity contribution is 6.04. The maximum absolute atomic E-state index is 13.5. The van der Waals surface area contributed by atoms with Crippen LogP contribution in [-0.2, 0) is 4.79 Å². The first-order valence-corrected chi connectivity index (χ1v) is 11.5. The number of rotatable bonds is 6. The van der Waals surface area contributed by atoms with Crippen molar-refractivity contribution in [3.63, 3.8) is 0 Å². The van der Waals surface area contributed by atoms with Crippen LogP contribution in [0.2, 0.25) is 0 Å². The first-order valence-electron chi connectivity index (χ1n) is 11.5. The van der Waals surface area contributed by atoms with E-state index in [1.54, 1.807) is 22.9 Å². The molecule has 1 amide bonds. The third-order valence-electron chi connectivity index (χ3n) is 5.94. The SMILES string of the molecule is CC(=O)Oc1c(-c2ccc(NC(=O)c3cccc(F)c3)cc2)c(C2CC2)nn1-c1ccccc1C. The zero-order valence-electron chi connectivity index (χ0n) is 19.4. The molecule has 0 atom stereocenters. The van der Waals surface area contributed by atoms with Crippen molar-refractivity contribution in [1.82, 2.24) is 9.78 Å². The number of carbonyl (C=O) groups is 2. The number of hydrogen-bond donors (Lipinski definition) is 1. The standard InChI is InChI=1S/C28H24FN3O3/c1-17-6-3-4-9-24(17)32-28(35-18(2)33)25(26(31-32)20-10-11-20)19-12-14-23(15-13-19)30-27(34)21-7-5-8-22(29)16-21/h3-9,12-16,20H,10-11H2,1-2H3,(H,30,34). The molecule has 0 radical (unpaired) electrons. The maximum Gasteiger partial charge on any atom is 0.309 e. The Morgan fingerprint density at radius 3 is 2.43 bits per heavy atom. The minimum Gasteiger partial charge on any atom is -0.407 e. The molecule has 7 heteroatoms. The van der Waals surface area contributed by atoms with E-state index >= 15 is 0 Å². The van der Waals surface area contributed by atoms with Crippen LogP contribution in [-0.4, -0.2) is 21.7 Å². The Hall–Kier alpha value is -4.26. The average molecular weight is 470 g/mol. The van der Waals surface area contributed by atoms with E-state index < -0.39 is 17.7 Å². The molecule has 176 valence electrons. The number of benzene rings is 3. The van der Waals surface area contributed by atoms with E-state index in [1.807, 2.05) is 43.3 Å². The minimum absolute atomic E-state index is 0.238. The Balaban J connectivity index is 1.53. The highest BCUT2D eigenvalue weighted by Crippen LogP contribution is 2.48. The van der Waals surface area contributed by atoms with Crippen molar-refractivity contribution in [1.29, 1.82) is 0 Å². The molecule has 1 fully saturated rings. The third-order valence-corrected chi connectivity index (χ3v) is 5.94. The minimum atomic E-state index is -0.468. The molecule has 0 bridgehead atoms. The Kier molecular flexibility index (Phi) is 5.91. The number of anilines is 1. The second kappa shape index (κ2) is 9.18. The van der Waals surface area contributed by atoms with Gasteiger partial charge in [0.1, 0.15) is 5.82 Å².